The highest BCUT2D eigenvalue weighted by molar-refractivity contribution is 6.31. The van der Waals surface area contributed by atoms with Crippen molar-refractivity contribution in [2.24, 2.45) is 5.92 Å². The van der Waals surface area contributed by atoms with Crippen LogP contribution in [0.5, 0.6) is 5.75 Å². The van der Waals surface area contributed by atoms with Crippen molar-refractivity contribution in [2.75, 3.05) is 44.5 Å². The van der Waals surface area contributed by atoms with Gasteiger partial charge < -0.3 is 19.9 Å². The van der Waals surface area contributed by atoms with Crippen LogP contribution in [0.4, 0.5) is 11.4 Å². The molecule has 2 aromatic rings. The minimum atomic E-state index is -0.0808. The van der Waals surface area contributed by atoms with E-state index in [0.717, 1.165) is 31.5 Å². The number of carbonyl (C=O) groups excluding carboxylic acids is 2. The molecule has 2 aromatic carbocycles. The lowest BCUT2D eigenvalue weighted by atomic mass is 9.92. The molecule has 1 aliphatic heterocycles. The van der Waals surface area contributed by atoms with Gasteiger partial charge in [-0.1, -0.05) is 17.7 Å². The number of nitrogens with zero attached hydrogens (tertiary/aromatic N) is 2. The van der Waals surface area contributed by atoms with Crippen molar-refractivity contribution < 1.29 is 14.3 Å². The second-order valence-corrected chi connectivity index (χ2v) is 8.57. The van der Waals surface area contributed by atoms with E-state index in [-0.39, 0.29) is 11.8 Å². The van der Waals surface area contributed by atoms with Gasteiger partial charge in [-0.15, -0.1) is 0 Å². The van der Waals surface area contributed by atoms with Crippen LogP contribution in [-0.2, 0) is 4.79 Å². The number of carbonyl (C=O) groups is 2. The third-order valence-corrected chi connectivity index (χ3v) is 5.87. The lowest BCUT2D eigenvalue weighted by Gasteiger charge is -2.33. The maximum atomic E-state index is 13.0. The number of ether oxygens (including phenoxy) is 1. The number of halogens is 1. The Morgan fingerprint density at radius 2 is 2.03 bits per heavy atom. The van der Waals surface area contributed by atoms with Gasteiger partial charge >= 0.3 is 0 Å². The van der Waals surface area contributed by atoms with Crippen molar-refractivity contribution in [3.8, 4) is 5.75 Å². The highest BCUT2D eigenvalue weighted by Gasteiger charge is 2.25. The topological polar surface area (TPSA) is 61.9 Å². The first-order valence-corrected chi connectivity index (χ1v) is 10.9. The summed E-state index contributed by atoms with van der Waals surface area (Å²) in [5, 5.41) is 3.42. The van der Waals surface area contributed by atoms with Crippen LogP contribution in [0.1, 0.15) is 36.0 Å². The van der Waals surface area contributed by atoms with Gasteiger partial charge in [-0.2, -0.15) is 0 Å². The summed E-state index contributed by atoms with van der Waals surface area (Å²) < 4.78 is 5.28. The average molecular weight is 444 g/mol. The smallest absolute Gasteiger partial charge is 0.253 e. The maximum absolute atomic E-state index is 13.0. The molecular weight excluding hydrogens is 414 g/mol. The number of hydrogen-bond acceptors (Lipinski definition) is 4. The third kappa shape index (κ3) is 6.14. The van der Waals surface area contributed by atoms with Gasteiger partial charge in [0.1, 0.15) is 5.75 Å². The van der Waals surface area contributed by atoms with Gasteiger partial charge in [0, 0.05) is 49.9 Å². The second-order valence-electron chi connectivity index (χ2n) is 8.14. The average Bonchev–Trinajstić information content (AvgIpc) is 2.77. The van der Waals surface area contributed by atoms with Crippen molar-refractivity contribution in [2.45, 2.75) is 25.7 Å². The molecule has 7 heteroatoms. The van der Waals surface area contributed by atoms with Gasteiger partial charge in [0.15, 0.2) is 0 Å². The molecule has 1 fully saturated rings. The molecule has 3 rings (SSSR count). The van der Waals surface area contributed by atoms with Crippen LogP contribution < -0.4 is 15.0 Å². The molecule has 1 heterocycles. The van der Waals surface area contributed by atoms with E-state index in [4.69, 9.17) is 16.3 Å². The number of amides is 2. The number of nitrogens with one attached hydrogen (secondary N) is 1. The van der Waals surface area contributed by atoms with Crippen LogP contribution in [0.3, 0.4) is 0 Å². The first-order valence-electron chi connectivity index (χ1n) is 10.6. The Hall–Kier alpha value is -2.73. The summed E-state index contributed by atoms with van der Waals surface area (Å²) in [7, 11) is 5.48. The fourth-order valence-corrected chi connectivity index (χ4v) is 4.08. The molecule has 0 radical (unpaired) electrons. The van der Waals surface area contributed by atoms with Crippen LogP contribution >= 0.6 is 11.6 Å². The minimum Gasteiger partial charge on any atom is -0.495 e. The molecule has 1 atom stereocenters. The van der Waals surface area contributed by atoms with E-state index in [2.05, 4.69) is 5.32 Å². The molecule has 1 saturated heterocycles. The first-order chi connectivity index (χ1) is 14.9. The Kier molecular flexibility index (Phi) is 7.80. The first kappa shape index (κ1) is 22.9. The Bertz CT molecular complexity index is 932. The van der Waals surface area contributed by atoms with Crippen LogP contribution in [0.15, 0.2) is 42.5 Å². The van der Waals surface area contributed by atoms with Crippen molar-refractivity contribution in [3.63, 3.8) is 0 Å². The summed E-state index contributed by atoms with van der Waals surface area (Å²) in [5.41, 5.74) is 2.28. The van der Waals surface area contributed by atoms with Crippen molar-refractivity contribution in [1.29, 1.82) is 0 Å². The van der Waals surface area contributed by atoms with Crippen molar-refractivity contribution in [3.05, 3.63) is 53.1 Å². The van der Waals surface area contributed by atoms with Crippen molar-refractivity contribution >= 4 is 34.8 Å². The summed E-state index contributed by atoms with van der Waals surface area (Å²) >= 11 is 6.03. The monoisotopic (exact) mass is 443 g/mol. The number of anilines is 2. The van der Waals surface area contributed by atoms with Gasteiger partial charge in [-0.05, 0) is 61.6 Å². The van der Waals surface area contributed by atoms with Crippen LogP contribution in [-0.4, -0.2) is 51.0 Å². The van der Waals surface area contributed by atoms with E-state index < -0.39 is 0 Å². The minimum absolute atomic E-state index is 0.0570. The van der Waals surface area contributed by atoms with Gasteiger partial charge in [-0.25, -0.2) is 0 Å². The summed E-state index contributed by atoms with van der Waals surface area (Å²) in [6.45, 7) is 1.44. The van der Waals surface area contributed by atoms with Gasteiger partial charge in [-0.3, -0.25) is 9.59 Å². The molecule has 0 bridgehead atoms. The largest absolute Gasteiger partial charge is 0.495 e. The summed E-state index contributed by atoms with van der Waals surface area (Å²) in [6, 6.07) is 12.8. The standard InChI is InChI=1S/C24H30ClN3O3/c1-27(2)20-8-4-7-18(14-20)24(30)28-13-5-6-17(16-28)9-12-23(29)26-21-15-19(25)10-11-22(21)31-3/h4,7-8,10-11,14-15,17H,5-6,9,12-13,16H2,1-3H3,(H,26,29). The molecule has 1 unspecified atom stereocenters. The zero-order valence-corrected chi connectivity index (χ0v) is 19.1. The maximum Gasteiger partial charge on any atom is 0.253 e. The number of benzene rings is 2. The summed E-state index contributed by atoms with van der Waals surface area (Å²) in [6.07, 6.45) is 3.09. The lowest BCUT2D eigenvalue weighted by Crippen LogP contribution is -2.40. The van der Waals surface area contributed by atoms with Gasteiger partial charge in [0.2, 0.25) is 5.91 Å². The van der Waals surface area contributed by atoms with Crippen LogP contribution in [0.25, 0.3) is 0 Å². The Morgan fingerprint density at radius 3 is 2.77 bits per heavy atom. The molecule has 6 nitrogen and oxygen atoms in total. The van der Waals surface area contributed by atoms with Crippen molar-refractivity contribution in [1.82, 2.24) is 4.90 Å². The van der Waals surface area contributed by atoms with E-state index in [1.54, 1.807) is 25.3 Å². The molecule has 0 aromatic heterocycles. The lowest BCUT2D eigenvalue weighted by molar-refractivity contribution is -0.116. The number of methoxy groups -OCH3 is 1. The number of hydrogen-bond donors (Lipinski definition) is 1. The number of rotatable bonds is 7. The molecule has 31 heavy (non-hydrogen) atoms. The van der Waals surface area contributed by atoms with E-state index in [1.165, 1.54) is 0 Å². The molecule has 0 saturated carbocycles. The Morgan fingerprint density at radius 1 is 1.23 bits per heavy atom. The highest BCUT2D eigenvalue weighted by atomic mass is 35.5. The SMILES string of the molecule is COc1ccc(Cl)cc1NC(=O)CCC1CCCN(C(=O)c2cccc(N(C)C)c2)C1. The Labute approximate surface area is 189 Å². The second kappa shape index (κ2) is 10.5. The zero-order valence-electron chi connectivity index (χ0n) is 18.4. The molecule has 2 amide bonds. The highest BCUT2D eigenvalue weighted by Crippen LogP contribution is 2.28. The van der Waals surface area contributed by atoms with Gasteiger partial charge in [0.25, 0.3) is 5.91 Å². The Balaban J connectivity index is 1.55. The van der Waals surface area contributed by atoms with E-state index in [0.29, 0.717) is 40.9 Å². The zero-order chi connectivity index (χ0) is 22.4. The molecular formula is C24H30ClN3O3. The van der Waals surface area contributed by atoms with E-state index in [1.807, 2.05) is 48.2 Å². The van der Waals surface area contributed by atoms with Crippen LogP contribution in [0, 0.1) is 5.92 Å². The molecule has 166 valence electrons. The number of piperidine rings is 1. The number of likely N-dealkylation sites (tertiary alicyclic amines) is 1. The van der Waals surface area contributed by atoms with Gasteiger partial charge in [0.05, 0.1) is 12.8 Å². The quantitative estimate of drug-likeness (QED) is 0.674. The normalized spacial score (nSPS) is 16.0. The molecule has 1 aliphatic rings. The predicted molar refractivity (Wildman–Crippen MR) is 125 cm³/mol. The fourth-order valence-electron chi connectivity index (χ4n) is 3.91. The molecule has 1 N–H and O–H groups in total. The van der Waals surface area contributed by atoms with E-state index in [9.17, 15) is 9.59 Å². The molecule has 0 spiro atoms. The predicted octanol–water partition coefficient (Wildman–Crippen LogP) is 4.69. The third-order valence-electron chi connectivity index (χ3n) is 5.63. The summed E-state index contributed by atoms with van der Waals surface area (Å²) in [5.74, 6) is 0.859. The summed E-state index contributed by atoms with van der Waals surface area (Å²) in [4.78, 5) is 29.4. The fraction of sp³-hybridized carbons (Fsp3) is 0.417. The molecule has 0 aliphatic carbocycles. The van der Waals surface area contributed by atoms with E-state index >= 15 is 0 Å². The van der Waals surface area contributed by atoms with Crippen LogP contribution in [0.2, 0.25) is 5.02 Å².